The van der Waals surface area contributed by atoms with Crippen LogP contribution in [0.15, 0.2) is 0 Å². The summed E-state index contributed by atoms with van der Waals surface area (Å²) < 4.78 is 35.9. The molecule has 0 heterocycles. The average molecular weight is 256 g/mol. The molecule has 0 aliphatic heterocycles. The van der Waals surface area contributed by atoms with Gasteiger partial charge in [-0.3, -0.25) is 14.7 Å². The molecule has 1 N–H and O–H groups in total. The van der Waals surface area contributed by atoms with Crippen LogP contribution in [0.3, 0.4) is 0 Å². The second-order valence-corrected chi connectivity index (χ2v) is 4.77. The van der Waals surface area contributed by atoms with Gasteiger partial charge in [0.05, 0.1) is 11.0 Å². The van der Waals surface area contributed by atoms with Gasteiger partial charge >= 0.3 is 16.5 Å². The highest BCUT2D eigenvalue weighted by Crippen LogP contribution is 2.05. The van der Waals surface area contributed by atoms with Crippen molar-refractivity contribution >= 4 is 10.3 Å². The molecule has 0 aliphatic rings. The first-order valence-corrected chi connectivity index (χ1v) is 6.09. The molecule has 0 bridgehead atoms. The van der Waals surface area contributed by atoms with E-state index in [2.05, 4.69) is 0 Å². The van der Waals surface area contributed by atoms with E-state index < -0.39 is 34.1 Å². The van der Waals surface area contributed by atoms with E-state index >= 15 is 0 Å². The maximum absolute atomic E-state index is 10.8. The van der Waals surface area contributed by atoms with Gasteiger partial charge in [-0.25, -0.2) is 0 Å². The first-order chi connectivity index (χ1) is 7.18. The molecule has 0 aliphatic carbocycles. The van der Waals surface area contributed by atoms with Gasteiger partial charge in [-0.1, -0.05) is 6.92 Å². The summed E-state index contributed by atoms with van der Waals surface area (Å²) in [6.45, 7) is 4.08. The van der Waals surface area contributed by atoms with E-state index in [9.17, 15) is 18.5 Å². The zero-order valence-electron chi connectivity index (χ0n) is 9.36. The Morgan fingerprint density at radius 3 is 2.25 bits per heavy atom. The predicted octanol–water partition coefficient (Wildman–Crippen LogP) is 0.139. The number of nitro groups is 1. The van der Waals surface area contributed by atoms with Crippen molar-refractivity contribution in [3.8, 4) is 0 Å². The molecule has 16 heavy (non-hydrogen) atoms. The Balaban J connectivity index is 4.67. The number of hydrogen-bond acceptors (Lipinski definition) is 5. The fraction of sp³-hybridized carbons (Fsp3) is 1.00. The molecule has 1 atom stereocenters. The van der Waals surface area contributed by atoms with Crippen LogP contribution in [0.25, 0.3) is 0 Å². The second kappa shape index (κ2) is 6.09. The lowest BCUT2D eigenvalue weighted by atomic mass is 10.4. The summed E-state index contributed by atoms with van der Waals surface area (Å²) >= 11 is 0. The van der Waals surface area contributed by atoms with Crippen LogP contribution in [0.2, 0.25) is 0 Å². The van der Waals surface area contributed by atoms with Crippen molar-refractivity contribution in [3.05, 3.63) is 10.1 Å². The smallest absolute Gasteiger partial charge is 0.313 e. The lowest BCUT2D eigenvalue weighted by Crippen LogP contribution is -2.42. The minimum atomic E-state index is -4.43. The molecule has 0 fully saturated rings. The highest BCUT2D eigenvalue weighted by molar-refractivity contribution is 7.83. The third kappa shape index (κ3) is 5.35. The number of ether oxygens (including phenoxy) is 1. The second-order valence-electron chi connectivity index (χ2n) is 3.35. The van der Waals surface area contributed by atoms with Crippen molar-refractivity contribution in [1.29, 1.82) is 0 Å². The van der Waals surface area contributed by atoms with E-state index in [1.807, 2.05) is 0 Å². The summed E-state index contributed by atoms with van der Waals surface area (Å²) in [5, 5.41) is 10.6. The lowest BCUT2D eigenvalue weighted by Gasteiger charge is -2.19. The summed E-state index contributed by atoms with van der Waals surface area (Å²) in [6.07, 6.45) is -1.89. The Hall–Kier alpha value is -0.770. The average Bonchev–Trinajstić information content (AvgIpc) is 2.08. The van der Waals surface area contributed by atoms with Gasteiger partial charge in [-0.15, -0.1) is 0 Å². The molecular weight excluding hydrogens is 240 g/mol. The zero-order valence-corrected chi connectivity index (χ0v) is 10.2. The zero-order chi connectivity index (χ0) is 12.9. The SMILES string of the molecule is CCN(CC(OC(C)C)[N+](=O)[O-])S(=O)(=O)O. The molecule has 0 saturated heterocycles. The molecule has 0 saturated carbocycles. The van der Waals surface area contributed by atoms with Gasteiger partial charge in [0, 0.05) is 6.54 Å². The molecule has 0 aromatic rings. The van der Waals surface area contributed by atoms with Gasteiger partial charge in [0.2, 0.25) is 0 Å². The molecule has 0 aromatic carbocycles. The highest BCUT2D eigenvalue weighted by atomic mass is 32.2. The van der Waals surface area contributed by atoms with Gasteiger partial charge in [0.25, 0.3) is 0 Å². The molecule has 96 valence electrons. The van der Waals surface area contributed by atoms with Gasteiger partial charge in [-0.2, -0.15) is 12.7 Å². The topological polar surface area (TPSA) is 110 Å². The van der Waals surface area contributed by atoms with Crippen LogP contribution in [0.1, 0.15) is 20.8 Å². The van der Waals surface area contributed by atoms with Crippen molar-refractivity contribution in [2.45, 2.75) is 33.1 Å². The number of rotatable bonds is 7. The highest BCUT2D eigenvalue weighted by Gasteiger charge is 2.30. The maximum atomic E-state index is 10.8. The summed E-state index contributed by atoms with van der Waals surface area (Å²) in [5.41, 5.74) is 0. The Kier molecular flexibility index (Phi) is 5.79. The normalized spacial score (nSPS) is 14.4. The van der Waals surface area contributed by atoms with E-state index in [-0.39, 0.29) is 6.54 Å². The van der Waals surface area contributed by atoms with Crippen LogP contribution in [0.5, 0.6) is 0 Å². The van der Waals surface area contributed by atoms with Crippen LogP contribution >= 0.6 is 0 Å². The fourth-order valence-electron chi connectivity index (χ4n) is 1.03. The molecular formula is C7H16N2O6S. The molecule has 0 spiro atoms. The molecule has 0 amide bonds. The van der Waals surface area contributed by atoms with Crippen molar-refractivity contribution in [2.75, 3.05) is 13.1 Å². The van der Waals surface area contributed by atoms with E-state index in [0.29, 0.717) is 4.31 Å². The largest absolute Gasteiger partial charge is 0.336 e. The van der Waals surface area contributed by atoms with E-state index in [0.717, 1.165) is 0 Å². The van der Waals surface area contributed by atoms with Crippen LogP contribution in [0.4, 0.5) is 0 Å². The standard InChI is InChI=1S/C7H16N2O6S/c1-4-8(16(12,13)14)5-7(9(10)11)15-6(2)3/h6-7H,4-5H2,1-3H3,(H,12,13,14). The van der Waals surface area contributed by atoms with E-state index in [1.165, 1.54) is 6.92 Å². The third-order valence-corrected chi connectivity index (χ3v) is 2.76. The Labute approximate surface area is 94.2 Å². The van der Waals surface area contributed by atoms with Crippen LogP contribution in [0, 0.1) is 10.1 Å². The lowest BCUT2D eigenvalue weighted by molar-refractivity contribution is -0.578. The van der Waals surface area contributed by atoms with Gasteiger partial charge in [0.1, 0.15) is 6.54 Å². The minimum Gasteiger partial charge on any atom is -0.313 e. The Morgan fingerprint density at radius 1 is 1.50 bits per heavy atom. The maximum Gasteiger partial charge on any atom is 0.336 e. The van der Waals surface area contributed by atoms with Gasteiger partial charge in [0.15, 0.2) is 0 Å². The molecule has 0 rings (SSSR count). The fourth-order valence-corrected chi connectivity index (χ4v) is 1.68. The summed E-state index contributed by atoms with van der Waals surface area (Å²) in [4.78, 5) is 9.86. The number of likely N-dealkylation sites (N-methyl/N-ethyl adjacent to an activating group) is 1. The first-order valence-electron chi connectivity index (χ1n) is 4.70. The number of hydrogen-bond donors (Lipinski definition) is 1. The Bertz CT molecular complexity index is 328. The van der Waals surface area contributed by atoms with Crippen LogP contribution in [-0.4, -0.2) is 47.6 Å². The van der Waals surface area contributed by atoms with Crippen molar-refractivity contribution in [1.82, 2.24) is 4.31 Å². The minimum absolute atomic E-state index is 0.0649. The monoisotopic (exact) mass is 256 g/mol. The summed E-state index contributed by atoms with van der Waals surface area (Å²) in [5.74, 6) is 0. The van der Waals surface area contributed by atoms with Crippen LogP contribution < -0.4 is 0 Å². The van der Waals surface area contributed by atoms with Crippen molar-refractivity contribution in [2.24, 2.45) is 0 Å². The van der Waals surface area contributed by atoms with Gasteiger partial charge < -0.3 is 4.74 Å². The van der Waals surface area contributed by atoms with Crippen LogP contribution in [-0.2, 0) is 15.0 Å². The van der Waals surface area contributed by atoms with Gasteiger partial charge in [-0.05, 0) is 13.8 Å². The number of nitrogens with zero attached hydrogens (tertiary/aromatic N) is 2. The first kappa shape index (κ1) is 15.2. The summed E-state index contributed by atoms with van der Waals surface area (Å²) in [7, 11) is -4.43. The van der Waals surface area contributed by atoms with E-state index in [4.69, 9.17) is 9.29 Å². The summed E-state index contributed by atoms with van der Waals surface area (Å²) in [6, 6.07) is 0. The Morgan fingerprint density at radius 2 is 2.00 bits per heavy atom. The molecule has 9 heteroatoms. The molecule has 0 radical (unpaired) electrons. The molecule has 0 aromatic heterocycles. The predicted molar refractivity (Wildman–Crippen MR) is 55.8 cm³/mol. The van der Waals surface area contributed by atoms with E-state index in [1.54, 1.807) is 13.8 Å². The van der Waals surface area contributed by atoms with Crippen molar-refractivity contribution in [3.63, 3.8) is 0 Å². The third-order valence-electron chi connectivity index (χ3n) is 1.70. The van der Waals surface area contributed by atoms with Crippen molar-refractivity contribution < 1.29 is 22.6 Å². The molecule has 1 unspecified atom stereocenters. The molecule has 8 nitrogen and oxygen atoms in total. The quantitative estimate of drug-likeness (QED) is 0.300.